The second-order valence-electron chi connectivity index (χ2n) is 10.2. The highest BCUT2D eigenvalue weighted by atomic mass is 35.5. The third-order valence-corrected chi connectivity index (χ3v) is 8.08. The Bertz CT molecular complexity index is 1080. The van der Waals surface area contributed by atoms with Crippen molar-refractivity contribution in [1.29, 1.82) is 0 Å². The van der Waals surface area contributed by atoms with Gasteiger partial charge in [-0.2, -0.15) is 0 Å². The van der Waals surface area contributed by atoms with Gasteiger partial charge in [0.05, 0.1) is 5.02 Å². The van der Waals surface area contributed by atoms with Crippen LogP contribution in [0.4, 0.5) is 8.78 Å². The van der Waals surface area contributed by atoms with Crippen molar-refractivity contribution < 1.29 is 8.78 Å². The molecule has 0 radical (unpaired) electrons. The molecule has 3 aromatic rings. The van der Waals surface area contributed by atoms with Gasteiger partial charge in [0, 0.05) is 10.9 Å². The van der Waals surface area contributed by atoms with Crippen molar-refractivity contribution in [3.05, 3.63) is 70.8 Å². The standard InChI is InChI=1S/C31H37ClF2/c1-2-3-4-5-6-7-22-8-10-23(11-9-22)12-13-24-14-17-27-25(20-24)15-18-28(31(27)34)26-16-19-29(32)30(33)21-26/h14-23H,2-13H2,1H3. The fraction of sp³-hybridized carbons (Fsp3) is 0.484. The number of hydrogen-bond acceptors (Lipinski definition) is 0. The molecule has 0 spiro atoms. The lowest BCUT2D eigenvalue weighted by atomic mass is 9.77. The minimum atomic E-state index is -0.532. The Morgan fingerprint density at radius 1 is 0.794 bits per heavy atom. The fourth-order valence-electron chi connectivity index (χ4n) is 5.60. The summed E-state index contributed by atoms with van der Waals surface area (Å²) in [5, 5.41) is 1.53. The summed E-state index contributed by atoms with van der Waals surface area (Å²) in [6, 6.07) is 14.2. The predicted molar refractivity (Wildman–Crippen MR) is 141 cm³/mol. The molecule has 4 rings (SSSR count). The molecule has 3 aromatic carbocycles. The van der Waals surface area contributed by atoms with Crippen LogP contribution in [-0.2, 0) is 6.42 Å². The zero-order valence-electron chi connectivity index (χ0n) is 20.4. The molecule has 182 valence electrons. The molecule has 0 nitrogen and oxygen atoms in total. The fourth-order valence-corrected chi connectivity index (χ4v) is 5.72. The molecule has 0 unspecified atom stereocenters. The first kappa shape index (κ1) is 25.2. The van der Waals surface area contributed by atoms with Crippen molar-refractivity contribution in [1.82, 2.24) is 0 Å². The second-order valence-corrected chi connectivity index (χ2v) is 10.6. The van der Waals surface area contributed by atoms with E-state index in [-0.39, 0.29) is 10.8 Å². The van der Waals surface area contributed by atoms with Gasteiger partial charge in [0.15, 0.2) is 0 Å². The monoisotopic (exact) mass is 482 g/mol. The van der Waals surface area contributed by atoms with Crippen molar-refractivity contribution in [2.24, 2.45) is 11.8 Å². The molecular weight excluding hydrogens is 446 g/mol. The average Bonchev–Trinajstić information content (AvgIpc) is 2.85. The van der Waals surface area contributed by atoms with Gasteiger partial charge in [0.2, 0.25) is 0 Å². The highest BCUT2D eigenvalue weighted by Gasteiger charge is 2.21. The van der Waals surface area contributed by atoms with E-state index in [1.165, 1.54) is 88.3 Å². The van der Waals surface area contributed by atoms with Crippen molar-refractivity contribution in [2.75, 3.05) is 0 Å². The van der Waals surface area contributed by atoms with Crippen LogP contribution in [0.15, 0.2) is 48.5 Å². The van der Waals surface area contributed by atoms with Crippen LogP contribution < -0.4 is 0 Å². The van der Waals surface area contributed by atoms with Crippen LogP contribution in [0.5, 0.6) is 0 Å². The van der Waals surface area contributed by atoms with Crippen molar-refractivity contribution in [3.63, 3.8) is 0 Å². The van der Waals surface area contributed by atoms with Crippen LogP contribution in [-0.4, -0.2) is 0 Å². The number of unbranched alkanes of at least 4 members (excludes halogenated alkanes) is 4. The Labute approximate surface area is 208 Å². The van der Waals surface area contributed by atoms with Gasteiger partial charge < -0.3 is 0 Å². The summed E-state index contributed by atoms with van der Waals surface area (Å²) in [5.41, 5.74) is 2.18. The molecule has 0 bridgehead atoms. The van der Waals surface area contributed by atoms with Crippen LogP contribution in [0.2, 0.25) is 5.02 Å². The molecule has 0 saturated heterocycles. The smallest absolute Gasteiger partial charge is 0.142 e. The molecule has 0 aromatic heterocycles. The maximum absolute atomic E-state index is 15.2. The summed E-state index contributed by atoms with van der Waals surface area (Å²) in [7, 11) is 0. The average molecular weight is 483 g/mol. The second kappa shape index (κ2) is 12.2. The largest absolute Gasteiger partial charge is 0.206 e. The quantitative estimate of drug-likeness (QED) is 0.252. The molecule has 0 aliphatic heterocycles. The van der Waals surface area contributed by atoms with Gasteiger partial charge in [0.25, 0.3) is 0 Å². The minimum Gasteiger partial charge on any atom is -0.206 e. The summed E-state index contributed by atoms with van der Waals surface area (Å²) in [6.45, 7) is 2.28. The number of aryl methyl sites for hydroxylation is 1. The first-order valence-electron chi connectivity index (χ1n) is 13.2. The summed E-state index contributed by atoms with van der Waals surface area (Å²) < 4.78 is 29.1. The van der Waals surface area contributed by atoms with E-state index in [4.69, 9.17) is 11.6 Å². The molecular formula is C31H37ClF2. The highest BCUT2D eigenvalue weighted by Crippen LogP contribution is 2.35. The van der Waals surface area contributed by atoms with E-state index >= 15 is 4.39 Å². The van der Waals surface area contributed by atoms with Crippen molar-refractivity contribution in [2.45, 2.75) is 84.0 Å². The van der Waals surface area contributed by atoms with E-state index in [1.807, 2.05) is 12.1 Å². The Morgan fingerprint density at radius 3 is 2.26 bits per heavy atom. The molecule has 1 saturated carbocycles. The summed E-state index contributed by atoms with van der Waals surface area (Å²) in [6.07, 6.45) is 16.2. The SMILES string of the molecule is CCCCCCCC1CCC(CCc2ccc3c(F)c(-c4ccc(Cl)c(F)c4)ccc3c2)CC1. The molecule has 1 aliphatic carbocycles. The molecule has 3 heteroatoms. The van der Waals surface area contributed by atoms with Crippen LogP contribution in [0.3, 0.4) is 0 Å². The van der Waals surface area contributed by atoms with Gasteiger partial charge in [-0.25, -0.2) is 8.78 Å². The Morgan fingerprint density at radius 2 is 1.53 bits per heavy atom. The molecule has 0 amide bonds. The summed E-state index contributed by atoms with van der Waals surface area (Å²) in [4.78, 5) is 0. The van der Waals surface area contributed by atoms with Crippen LogP contribution in [0.1, 0.15) is 83.1 Å². The predicted octanol–water partition coefficient (Wildman–Crippen LogP) is 10.5. The number of rotatable bonds is 10. The molecule has 0 atom stereocenters. The van der Waals surface area contributed by atoms with E-state index < -0.39 is 5.82 Å². The number of hydrogen-bond donors (Lipinski definition) is 0. The highest BCUT2D eigenvalue weighted by molar-refractivity contribution is 6.30. The molecule has 1 aliphatic rings. The maximum atomic E-state index is 15.2. The number of fused-ring (bicyclic) bond motifs is 1. The maximum Gasteiger partial charge on any atom is 0.142 e. The van der Waals surface area contributed by atoms with Crippen molar-refractivity contribution >= 4 is 22.4 Å². The lowest BCUT2D eigenvalue weighted by Gasteiger charge is -2.28. The Kier molecular flexibility index (Phi) is 9.00. The minimum absolute atomic E-state index is 0.0467. The first-order chi connectivity index (χ1) is 16.5. The topological polar surface area (TPSA) is 0 Å². The van der Waals surface area contributed by atoms with Gasteiger partial charge in [-0.15, -0.1) is 0 Å². The van der Waals surface area contributed by atoms with E-state index in [1.54, 1.807) is 12.1 Å². The first-order valence-corrected chi connectivity index (χ1v) is 13.6. The number of benzene rings is 3. The lowest BCUT2D eigenvalue weighted by Crippen LogP contribution is -2.15. The van der Waals surface area contributed by atoms with Crippen LogP contribution in [0.25, 0.3) is 21.9 Å². The normalized spacial score (nSPS) is 18.5. The zero-order chi connectivity index (χ0) is 23.9. The van der Waals surface area contributed by atoms with Gasteiger partial charge in [-0.3, -0.25) is 0 Å². The zero-order valence-corrected chi connectivity index (χ0v) is 21.1. The van der Waals surface area contributed by atoms with Gasteiger partial charge in [-0.1, -0.05) is 119 Å². The van der Waals surface area contributed by atoms with Gasteiger partial charge >= 0.3 is 0 Å². The summed E-state index contributed by atoms with van der Waals surface area (Å²) in [5.74, 6) is 0.935. The third-order valence-electron chi connectivity index (χ3n) is 7.77. The Hall–Kier alpha value is -1.93. The van der Waals surface area contributed by atoms with E-state index in [0.717, 1.165) is 23.6 Å². The van der Waals surface area contributed by atoms with Gasteiger partial charge in [-0.05, 0) is 53.3 Å². The molecule has 0 heterocycles. The summed E-state index contributed by atoms with van der Waals surface area (Å²) >= 11 is 5.78. The number of halogens is 3. The molecule has 0 N–H and O–H groups in total. The van der Waals surface area contributed by atoms with Crippen LogP contribution in [0, 0.1) is 23.5 Å². The molecule has 34 heavy (non-hydrogen) atoms. The van der Waals surface area contributed by atoms with E-state index in [9.17, 15) is 4.39 Å². The lowest BCUT2D eigenvalue weighted by molar-refractivity contribution is 0.249. The Balaban J connectivity index is 1.31. The van der Waals surface area contributed by atoms with Crippen LogP contribution >= 0.6 is 11.6 Å². The van der Waals surface area contributed by atoms with E-state index in [0.29, 0.717) is 16.5 Å². The molecule has 1 fully saturated rings. The van der Waals surface area contributed by atoms with E-state index in [2.05, 4.69) is 19.1 Å². The van der Waals surface area contributed by atoms with Gasteiger partial charge in [0.1, 0.15) is 11.6 Å². The van der Waals surface area contributed by atoms with Crippen molar-refractivity contribution in [3.8, 4) is 11.1 Å². The third kappa shape index (κ3) is 6.39.